The van der Waals surface area contributed by atoms with Gasteiger partial charge in [0, 0.05) is 28.5 Å². The third-order valence-electron chi connectivity index (χ3n) is 3.75. The van der Waals surface area contributed by atoms with E-state index in [1.54, 1.807) is 11.3 Å². The van der Waals surface area contributed by atoms with Crippen LogP contribution in [0.15, 0.2) is 15.2 Å². The predicted molar refractivity (Wildman–Crippen MR) is 81.6 cm³/mol. The van der Waals surface area contributed by atoms with Crippen LogP contribution in [0.2, 0.25) is 0 Å². The Morgan fingerprint density at radius 3 is 2.61 bits per heavy atom. The van der Waals surface area contributed by atoms with E-state index in [9.17, 15) is 0 Å². The molecule has 1 fully saturated rings. The summed E-state index contributed by atoms with van der Waals surface area (Å²) in [5.74, 6) is 0. The van der Waals surface area contributed by atoms with Crippen molar-refractivity contribution < 1.29 is 0 Å². The van der Waals surface area contributed by atoms with Gasteiger partial charge in [-0.05, 0) is 53.6 Å². The molecule has 0 aliphatic carbocycles. The molecular formula is C13H22BrN3S. The molecule has 0 bridgehead atoms. The van der Waals surface area contributed by atoms with Crippen molar-refractivity contribution in [3.63, 3.8) is 0 Å². The van der Waals surface area contributed by atoms with Gasteiger partial charge in [0.25, 0.3) is 0 Å². The van der Waals surface area contributed by atoms with Crippen LogP contribution < -0.4 is 11.2 Å². The molecule has 0 radical (unpaired) electrons. The van der Waals surface area contributed by atoms with Crippen LogP contribution in [0.25, 0.3) is 0 Å². The smallest absolute Gasteiger partial charge is 0.0606 e. The first-order chi connectivity index (χ1) is 8.63. The average Bonchev–Trinajstić information content (AvgIpc) is 2.76. The Kier molecular flexibility index (Phi) is 5.21. The molecule has 5 heteroatoms. The monoisotopic (exact) mass is 331 g/mol. The van der Waals surface area contributed by atoms with Crippen LogP contribution in [-0.4, -0.2) is 23.6 Å². The number of nitrogens with two attached hydrogens (primary N) is 1. The van der Waals surface area contributed by atoms with Crippen LogP contribution in [-0.2, 0) is 0 Å². The van der Waals surface area contributed by atoms with Crippen molar-refractivity contribution in [3.8, 4) is 0 Å². The lowest BCUT2D eigenvalue weighted by atomic mass is 9.99. The maximum atomic E-state index is 5.94. The number of hydrogen-bond acceptors (Lipinski definition) is 4. The molecule has 0 saturated carbocycles. The summed E-state index contributed by atoms with van der Waals surface area (Å²) in [6, 6.07) is 1.37. The van der Waals surface area contributed by atoms with Gasteiger partial charge in [-0.2, -0.15) is 11.3 Å². The molecule has 18 heavy (non-hydrogen) atoms. The highest BCUT2D eigenvalue weighted by Gasteiger charge is 2.27. The molecule has 3 N–H and O–H groups in total. The summed E-state index contributed by atoms with van der Waals surface area (Å²) in [5.41, 5.74) is 10.8. The largest absolute Gasteiger partial charge is 0.329 e. The Balaban J connectivity index is 2.08. The minimum Gasteiger partial charge on any atom is -0.329 e. The molecule has 1 aliphatic rings. The van der Waals surface area contributed by atoms with Crippen molar-refractivity contribution in [3.05, 3.63) is 20.8 Å². The summed E-state index contributed by atoms with van der Waals surface area (Å²) in [7, 11) is 0. The number of piperidine rings is 1. The SMILES string of the molecule is CC1CCCC(C)N1NC(CN)c1cscc1Br. The molecule has 0 spiro atoms. The number of nitrogens with zero attached hydrogens (tertiary/aromatic N) is 1. The fraction of sp³-hybridized carbons (Fsp3) is 0.692. The zero-order valence-electron chi connectivity index (χ0n) is 11.0. The summed E-state index contributed by atoms with van der Waals surface area (Å²) in [6.45, 7) is 5.20. The Morgan fingerprint density at radius 2 is 2.11 bits per heavy atom. The summed E-state index contributed by atoms with van der Waals surface area (Å²) in [5, 5.41) is 6.68. The first-order valence-electron chi connectivity index (χ1n) is 6.59. The van der Waals surface area contributed by atoms with Gasteiger partial charge in [-0.15, -0.1) is 0 Å². The van der Waals surface area contributed by atoms with Crippen molar-refractivity contribution in [2.24, 2.45) is 5.73 Å². The minimum absolute atomic E-state index is 0.202. The molecular weight excluding hydrogens is 310 g/mol. The van der Waals surface area contributed by atoms with E-state index in [0.29, 0.717) is 18.6 Å². The zero-order valence-corrected chi connectivity index (χ0v) is 13.4. The molecule has 102 valence electrons. The van der Waals surface area contributed by atoms with Crippen LogP contribution in [0, 0.1) is 0 Å². The average molecular weight is 332 g/mol. The van der Waals surface area contributed by atoms with E-state index in [2.05, 4.69) is 51.0 Å². The molecule has 3 nitrogen and oxygen atoms in total. The Bertz CT molecular complexity index is 372. The van der Waals surface area contributed by atoms with Crippen molar-refractivity contribution in [2.75, 3.05) is 6.54 Å². The molecule has 2 heterocycles. The second-order valence-electron chi connectivity index (χ2n) is 5.13. The second kappa shape index (κ2) is 6.48. The Morgan fingerprint density at radius 1 is 1.44 bits per heavy atom. The van der Waals surface area contributed by atoms with Gasteiger partial charge in [0.15, 0.2) is 0 Å². The number of hydrazine groups is 1. The first-order valence-corrected chi connectivity index (χ1v) is 8.33. The maximum Gasteiger partial charge on any atom is 0.0606 e. The van der Waals surface area contributed by atoms with Gasteiger partial charge in [0.1, 0.15) is 0 Å². The quantitative estimate of drug-likeness (QED) is 0.889. The third kappa shape index (κ3) is 3.14. The second-order valence-corrected chi connectivity index (χ2v) is 6.73. The van der Waals surface area contributed by atoms with Crippen molar-refractivity contribution in [2.45, 2.75) is 51.2 Å². The van der Waals surface area contributed by atoms with Crippen LogP contribution in [0.4, 0.5) is 0 Å². The number of hydrogen-bond donors (Lipinski definition) is 2. The van der Waals surface area contributed by atoms with Gasteiger partial charge in [-0.25, -0.2) is 10.4 Å². The van der Waals surface area contributed by atoms with E-state index in [-0.39, 0.29) is 6.04 Å². The van der Waals surface area contributed by atoms with Crippen molar-refractivity contribution in [1.29, 1.82) is 0 Å². The molecule has 1 aliphatic heterocycles. The van der Waals surface area contributed by atoms with Crippen molar-refractivity contribution in [1.82, 2.24) is 10.4 Å². The molecule has 1 aromatic rings. The molecule has 2 rings (SSSR count). The molecule has 3 unspecified atom stereocenters. The molecule has 0 amide bonds. The summed E-state index contributed by atoms with van der Waals surface area (Å²) < 4.78 is 1.16. The lowest BCUT2D eigenvalue weighted by molar-refractivity contribution is 0.0304. The van der Waals surface area contributed by atoms with E-state index in [1.165, 1.54) is 24.8 Å². The first kappa shape index (κ1) is 14.5. The van der Waals surface area contributed by atoms with E-state index >= 15 is 0 Å². The zero-order chi connectivity index (χ0) is 13.1. The summed E-state index contributed by atoms with van der Waals surface area (Å²) >= 11 is 5.31. The highest BCUT2D eigenvalue weighted by atomic mass is 79.9. The number of halogens is 1. The molecule has 1 saturated heterocycles. The lowest BCUT2D eigenvalue weighted by Crippen LogP contribution is -2.54. The lowest BCUT2D eigenvalue weighted by Gasteiger charge is -2.41. The normalized spacial score (nSPS) is 27.3. The van der Waals surface area contributed by atoms with Crippen molar-refractivity contribution >= 4 is 27.3 Å². The number of nitrogens with one attached hydrogen (secondary N) is 1. The molecule has 0 aromatic carbocycles. The van der Waals surface area contributed by atoms with Gasteiger partial charge in [-0.1, -0.05) is 6.42 Å². The topological polar surface area (TPSA) is 41.3 Å². The molecule has 3 atom stereocenters. The molecule has 1 aromatic heterocycles. The Hall–Kier alpha value is 0.0600. The third-order valence-corrected chi connectivity index (χ3v) is 5.50. The summed E-state index contributed by atoms with van der Waals surface area (Å²) in [6.07, 6.45) is 3.86. The highest BCUT2D eigenvalue weighted by Crippen LogP contribution is 2.29. The number of thiophene rings is 1. The van der Waals surface area contributed by atoms with E-state index in [1.807, 2.05) is 0 Å². The summed E-state index contributed by atoms with van der Waals surface area (Å²) in [4.78, 5) is 0. The highest BCUT2D eigenvalue weighted by molar-refractivity contribution is 9.10. The standard InChI is InChI=1S/C13H22BrN3S/c1-9-4-3-5-10(2)17(9)16-13(6-15)11-7-18-8-12(11)14/h7-10,13,16H,3-6,15H2,1-2H3. The fourth-order valence-electron chi connectivity index (χ4n) is 2.64. The van der Waals surface area contributed by atoms with Gasteiger partial charge in [-0.3, -0.25) is 0 Å². The van der Waals surface area contributed by atoms with Gasteiger partial charge < -0.3 is 5.73 Å². The van der Waals surface area contributed by atoms with Crippen LogP contribution >= 0.6 is 27.3 Å². The van der Waals surface area contributed by atoms with E-state index in [4.69, 9.17) is 5.73 Å². The Labute approximate surface area is 122 Å². The van der Waals surface area contributed by atoms with E-state index in [0.717, 1.165) is 4.47 Å². The van der Waals surface area contributed by atoms with E-state index < -0.39 is 0 Å². The minimum atomic E-state index is 0.202. The fourth-order valence-corrected chi connectivity index (χ4v) is 4.27. The van der Waals surface area contributed by atoms with Gasteiger partial charge in [0.05, 0.1) is 6.04 Å². The predicted octanol–water partition coefficient (Wildman–Crippen LogP) is 3.28. The van der Waals surface area contributed by atoms with Gasteiger partial charge in [0.2, 0.25) is 0 Å². The maximum absolute atomic E-state index is 5.94. The number of rotatable bonds is 4. The van der Waals surface area contributed by atoms with Crippen LogP contribution in [0.1, 0.15) is 44.7 Å². The van der Waals surface area contributed by atoms with Gasteiger partial charge >= 0.3 is 0 Å². The van der Waals surface area contributed by atoms with Crippen LogP contribution in [0.3, 0.4) is 0 Å². The van der Waals surface area contributed by atoms with Crippen LogP contribution in [0.5, 0.6) is 0 Å².